The molecule has 124 valence electrons. The molecule has 1 aromatic rings. The Labute approximate surface area is 157 Å². The minimum Gasteiger partial charge on any atom is -0.850 e. The van der Waals surface area contributed by atoms with Crippen molar-refractivity contribution in [3.8, 4) is 0 Å². The van der Waals surface area contributed by atoms with Crippen molar-refractivity contribution in [1.82, 2.24) is 0 Å². The summed E-state index contributed by atoms with van der Waals surface area (Å²) in [5.74, 6) is 0. The molecule has 0 atom stereocenters. The van der Waals surface area contributed by atoms with Gasteiger partial charge in [-0.3, -0.25) is 0 Å². The molecule has 0 radical (unpaired) electrons. The van der Waals surface area contributed by atoms with Crippen molar-refractivity contribution < 1.29 is 29.6 Å². The molecule has 0 bridgehead atoms. The molecule has 0 fully saturated rings. The molecule has 0 unspecified atom stereocenters. The summed E-state index contributed by atoms with van der Waals surface area (Å²) in [6.45, 7) is 2.28. The number of rotatable bonds is 9. The number of benzene rings is 1. The zero-order chi connectivity index (χ0) is 16.8. The molecule has 22 heavy (non-hydrogen) atoms. The van der Waals surface area contributed by atoms with Gasteiger partial charge in [0.2, 0.25) is 0 Å². The van der Waals surface area contributed by atoms with Crippen LogP contribution in [-0.2, 0) is 50.3 Å². The monoisotopic (exact) mass is 442 g/mol. The summed E-state index contributed by atoms with van der Waals surface area (Å²) in [5, 5.41) is 0. The molecule has 0 N–H and O–H groups in total. The largest absolute Gasteiger partial charge is 0.850 e. The van der Waals surface area contributed by atoms with Crippen LogP contribution < -0.4 is 13.7 Å². The molecular weight excluding hydrogens is 415 g/mol. The predicted octanol–water partition coefficient (Wildman–Crippen LogP) is 3.02. The third kappa shape index (κ3) is 17.2. The van der Waals surface area contributed by atoms with E-state index in [1.165, 1.54) is 61.7 Å². The molecule has 1 aromatic carbocycles. The van der Waals surface area contributed by atoms with Gasteiger partial charge in [0, 0.05) is 0 Å². The Hall–Kier alpha value is 0.828. The van der Waals surface area contributed by atoms with E-state index in [1.807, 2.05) is 0 Å². The van der Waals surface area contributed by atoms with Crippen LogP contribution in [0.1, 0.15) is 63.9 Å². The van der Waals surface area contributed by atoms with E-state index in [0.717, 1.165) is 0 Å². The SMILES string of the molecule is CCCCCCCCCCc1cccc[c]1[Mo+3].[O-]P([O-])(=S)[S-]. The van der Waals surface area contributed by atoms with E-state index < -0.39 is 5.69 Å². The number of hydrogen-bond acceptors (Lipinski definition) is 4. The average molecular weight is 440 g/mol. The maximum atomic E-state index is 9.29. The second-order valence-corrected chi connectivity index (χ2v) is 10.8. The van der Waals surface area contributed by atoms with Crippen LogP contribution in [0.5, 0.6) is 0 Å². The van der Waals surface area contributed by atoms with Gasteiger partial charge in [0.05, 0.1) is 0 Å². The molecule has 0 heterocycles. The van der Waals surface area contributed by atoms with Crippen molar-refractivity contribution in [3.63, 3.8) is 0 Å². The second kappa shape index (κ2) is 14.2. The predicted molar refractivity (Wildman–Crippen MR) is 94.0 cm³/mol. The molecule has 1 rings (SSSR count). The number of unbranched alkanes of at least 4 members (excludes halogenated alkanes) is 7. The summed E-state index contributed by atoms with van der Waals surface area (Å²) < 4.78 is 1.46. The van der Waals surface area contributed by atoms with Gasteiger partial charge < -0.3 is 27.7 Å². The fraction of sp³-hybridized carbons (Fsp3) is 0.625. The van der Waals surface area contributed by atoms with Crippen molar-refractivity contribution in [2.75, 3.05) is 0 Å². The zero-order valence-corrected chi connectivity index (χ0v) is 17.7. The Balaban J connectivity index is 0.000000763. The first-order valence-corrected chi connectivity index (χ1v) is 12.5. The van der Waals surface area contributed by atoms with Crippen LogP contribution in [0, 0.1) is 0 Å². The van der Waals surface area contributed by atoms with Crippen molar-refractivity contribution in [2.45, 2.75) is 64.7 Å². The van der Waals surface area contributed by atoms with Gasteiger partial charge in [-0.05, 0) is 0 Å². The van der Waals surface area contributed by atoms with Gasteiger partial charge in [-0.15, -0.1) is 0 Å². The van der Waals surface area contributed by atoms with Gasteiger partial charge in [-0.1, -0.05) is 0 Å². The van der Waals surface area contributed by atoms with Gasteiger partial charge in [-0.2, -0.15) is 11.8 Å². The minimum absolute atomic E-state index is 1.27. The van der Waals surface area contributed by atoms with Crippen LogP contribution in [0.4, 0.5) is 0 Å². The van der Waals surface area contributed by atoms with Crippen LogP contribution in [0.25, 0.3) is 0 Å². The first-order chi connectivity index (χ1) is 10.3. The maximum Gasteiger partial charge on any atom is -0.160 e. The minimum atomic E-state index is -3.72. The molecule has 0 saturated heterocycles. The van der Waals surface area contributed by atoms with E-state index >= 15 is 0 Å². The van der Waals surface area contributed by atoms with E-state index in [-0.39, 0.29) is 0 Å². The van der Waals surface area contributed by atoms with Crippen LogP contribution in [0.15, 0.2) is 24.3 Å². The molecule has 6 heteroatoms. The second-order valence-electron chi connectivity index (χ2n) is 5.28. The molecule has 0 saturated carbocycles. The molecule has 0 aliphatic carbocycles. The molecule has 2 nitrogen and oxygen atoms in total. The Morgan fingerprint density at radius 3 is 1.95 bits per heavy atom. The Morgan fingerprint density at radius 1 is 1.00 bits per heavy atom. The quantitative estimate of drug-likeness (QED) is 0.256. The van der Waals surface area contributed by atoms with Gasteiger partial charge in [0.15, 0.2) is 0 Å². The van der Waals surface area contributed by atoms with Gasteiger partial charge in [0.25, 0.3) is 0 Å². The third-order valence-corrected chi connectivity index (χ3v) is 4.25. The molecule has 0 amide bonds. The van der Waals surface area contributed by atoms with E-state index in [0.29, 0.717) is 0 Å². The average Bonchev–Trinajstić information content (AvgIpc) is 2.42. The maximum absolute atomic E-state index is 9.29. The van der Waals surface area contributed by atoms with Crippen LogP contribution in [0.2, 0.25) is 0 Å². The van der Waals surface area contributed by atoms with E-state index in [4.69, 9.17) is 0 Å². The Bertz CT molecular complexity index is 430. The summed E-state index contributed by atoms with van der Waals surface area (Å²) in [4.78, 5) is 18.6. The molecule has 0 aliphatic heterocycles. The van der Waals surface area contributed by atoms with Crippen molar-refractivity contribution in [3.05, 3.63) is 29.8 Å². The molecule has 0 spiro atoms. The normalized spacial score (nSPS) is 10.9. The summed E-state index contributed by atoms with van der Waals surface area (Å²) >= 11 is 9.43. The third-order valence-electron chi connectivity index (χ3n) is 3.27. The van der Waals surface area contributed by atoms with Gasteiger partial charge in [-0.25, -0.2) is 0 Å². The van der Waals surface area contributed by atoms with E-state index in [2.05, 4.69) is 75.1 Å². The van der Waals surface area contributed by atoms with Gasteiger partial charge in [0.1, 0.15) is 0 Å². The van der Waals surface area contributed by atoms with Crippen LogP contribution >= 0.6 is 5.69 Å². The van der Waals surface area contributed by atoms with Gasteiger partial charge >= 0.3 is 118 Å². The summed E-state index contributed by atoms with van der Waals surface area (Å²) in [6, 6.07) is 8.80. The number of hydrogen-bond donors (Lipinski definition) is 0. The fourth-order valence-electron chi connectivity index (χ4n) is 2.16. The Morgan fingerprint density at radius 2 is 1.45 bits per heavy atom. The van der Waals surface area contributed by atoms with E-state index in [1.54, 1.807) is 5.56 Å². The summed E-state index contributed by atoms with van der Waals surface area (Å²) in [7, 11) is 0. The van der Waals surface area contributed by atoms with Crippen LogP contribution in [-0.4, -0.2) is 0 Å². The molecular formula is C16H25MoO2PS2. The van der Waals surface area contributed by atoms with E-state index in [9.17, 15) is 9.79 Å². The fourth-order valence-corrected chi connectivity index (χ4v) is 2.77. The smallest absolute Gasteiger partial charge is 0.160 e. The Kier molecular flexibility index (Phi) is 14.7. The van der Waals surface area contributed by atoms with Crippen molar-refractivity contribution in [1.29, 1.82) is 0 Å². The first kappa shape index (κ1) is 22.8. The van der Waals surface area contributed by atoms with Crippen molar-refractivity contribution >= 4 is 33.7 Å². The first-order valence-electron chi connectivity index (χ1n) is 7.82. The summed E-state index contributed by atoms with van der Waals surface area (Å²) in [6.07, 6.45) is 12.6. The number of aryl methyl sites for hydroxylation is 1. The standard InChI is InChI=1S/C16H25.Mo.H3O2PS2/c1-2-3-4-5-6-7-8-10-13-16-14-11-9-12-15-16;;1-3(2,4)5/h9,11-12,14H,2-8,10,13H2,1H3;;(H3,1,2,4,5)/q;+3;/p-3. The molecule has 0 aliphatic rings. The van der Waals surface area contributed by atoms with Crippen LogP contribution in [0.3, 0.4) is 0 Å². The summed E-state index contributed by atoms with van der Waals surface area (Å²) in [5.41, 5.74) is -2.18. The molecule has 0 aromatic heterocycles. The topological polar surface area (TPSA) is 46.1 Å². The van der Waals surface area contributed by atoms with Crippen molar-refractivity contribution in [2.24, 2.45) is 0 Å². The zero-order valence-electron chi connectivity index (χ0n) is 13.2.